The minimum atomic E-state index is 0.169. The molecule has 0 fully saturated rings. The van der Waals surface area contributed by atoms with Gasteiger partial charge in [0.05, 0.1) is 0 Å². The van der Waals surface area contributed by atoms with Crippen LogP contribution >= 0.6 is 0 Å². The Labute approximate surface area is 81.1 Å². The molecule has 0 aromatic carbocycles. The predicted molar refractivity (Wildman–Crippen MR) is 55.1 cm³/mol. The van der Waals surface area contributed by atoms with E-state index in [2.05, 4.69) is 17.2 Å². The topological polar surface area (TPSA) is 29.1 Å². The SMILES string of the molecule is CC#CCCNC(=O)C(CC)CC. The lowest BCUT2D eigenvalue weighted by Crippen LogP contribution is -2.30. The van der Waals surface area contributed by atoms with Gasteiger partial charge in [0.2, 0.25) is 5.91 Å². The molecule has 0 aliphatic carbocycles. The lowest BCUT2D eigenvalue weighted by atomic mass is 10.0. The number of hydrogen-bond donors (Lipinski definition) is 1. The van der Waals surface area contributed by atoms with Crippen molar-refractivity contribution in [1.82, 2.24) is 5.32 Å². The molecule has 1 amide bonds. The highest BCUT2D eigenvalue weighted by Gasteiger charge is 2.12. The van der Waals surface area contributed by atoms with Crippen molar-refractivity contribution < 1.29 is 4.79 Å². The Bertz CT molecular complexity index is 196. The molecule has 0 spiro atoms. The van der Waals surface area contributed by atoms with Crippen LogP contribution in [0.4, 0.5) is 0 Å². The Morgan fingerprint density at radius 3 is 2.46 bits per heavy atom. The largest absolute Gasteiger partial charge is 0.355 e. The summed E-state index contributed by atoms with van der Waals surface area (Å²) >= 11 is 0. The number of nitrogens with one attached hydrogen (secondary N) is 1. The quantitative estimate of drug-likeness (QED) is 0.510. The standard InChI is InChI=1S/C11H19NO/c1-4-7-8-9-12-11(13)10(5-2)6-3/h10H,5-6,8-9H2,1-3H3,(H,12,13). The first kappa shape index (κ1) is 12.0. The second-order valence-electron chi connectivity index (χ2n) is 2.98. The van der Waals surface area contributed by atoms with Crippen LogP contribution in [-0.4, -0.2) is 12.5 Å². The Balaban J connectivity index is 3.64. The molecule has 0 aromatic heterocycles. The summed E-state index contributed by atoms with van der Waals surface area (Å²) in [5.74, 6) is 6.06. The van der Waals surface area contributed by atoms with Crippen LogP contribution in [0, 0.1) is 17.8 Å². The van der Waals surface area contributed by atoms with Crippen molar-refractivity contribution in [3.8, 4) is 11.8 Å². The molecule has 2 nitrogen and oxygen atoms in total. The highest BCUT2D eigenvalue weighted by molar-refractivity contribution is 5.78. The van der Waals surface area contributed by atoms with E-state index in [-0.39, 0.29) is 11.8 Å². The molecule has 0 bridgehead atoms. The van der Waals surface area contributed by atoms with Crippen molar-refractivity contribution in [3.63, 3.8) is 0 Å². The second kappa shape index (κ2) is 7.67. The fourth-order valence-corrected chi connectivity index (χ4v) is 1.18. The van der Waals surface area contributed by atoms with E-state index in [1.807, 2.05) is 20.8 Å². The van der Waals surface area contributed by atoms with Crippen LogP contribution in [0.1, 0.15) is 40.0 Å². The van der Waals surface area contributed by atoms with Crippen LogP contribution in [0.2, 0.25) is 0 Å². The molecule has 0 unspecified atom stereocenters. The number of amides is 1. The van der Waals surface area contributed by atoms with Crippen LogP contribution in [0.15, 0.2) is 0 Å². The number of hydrogen-bond acceptors (Lipinski definition) is 1. The van der Waals surface area contributed by atoms with Gasteiger partial charge in [-0.15, -0.1) is 11.8 Å². The molecular weight excluding hydrogens is 162 g/mol. The highest BCUT2D eigenvalue weighted by Crippen LogP contribution is 2.06. The fraction of sp³-hybridized carbons (Fsp3) is 0.727. The molecule has 74 valence electrons. The molecule has 0 aliphatic heterocycles. The van der Waals surface area contributed by atoms with Crippen molar-refractivity contribution in [3.05, 3.63) is 0 Å². The minimum Gasteiger partial charge on any atom is -0.355 e. The summed E-state index contributed by atoms with van der Waals surface area (Å²) in [5, 5.41) is 2.88. The number of carbonyl (C=O) groups excluding carboxylic acids is 1. The molecule has 0 heterocycles. The number of carbonyl (C=O) groups is 1. The lowest BCUT2D eigenvalue weighted by molar-refractivity contribution is -0.125. The molecular formula is C11H19NO. The maximum atomic E-state index is 11.4. The third kappa shape index (κ3) is 5.30. The van der Waals surface area contributed by atoms with Gasteiger partial charge in [-0.05, 0) is 19.8 Å². The first-order valence-electron chi connectivity index (χ1n) is 4.93. The van der Waals surface area contributed by atoms with Crippen molar-refractivity contribution >= 4 is 5.91 Å². The summed E-state index contributed by atoms with van der Waals surface area (Å²) in [4.78, 5) is 11.4. The summed E-state index contributed by atoms with van der Waals surface area (Å²) in [6.07, 6.45) is 2.59. The van der Waals surface area contributed by atoms with Crippen LogP contribution in [0.25, 0.3) is 0 Å². The van der Waals surface area contributed by atoms with Gasteiger partial charge in [-0.2, -0.15) is 0 Å². The molecule has 0 radical (unpaired) electrons. The molecule has 13 heavy (non-hydrogen) atoms. The summed E-state index contributed by atoms with van der Waals surface area (Å²) in [7, 11) is 0. The third-order valence-electron chi connectivity index (χ3n) is 2.08. The molecule has 2 heteroatoms. The Kier molecular flexibility index (Phi) is 7.10. The van der Waals surface area contributed by atoms with E-state index in [4.69, 9.17) is 0 Å². The van der Waals surface area contributed by atoms with Gasteiger partial charge in [-0.3, -0.25) is 4.79 Å². The van der Waals surface area contributed by atoms with E-state index in [0.29, 0.717) is 6.54 Å². The second-order valence-corrected chi connectivity index (χ2v) is 2.98. The fourth-order valence-electron chi connectivity index (χ4n) is 1.18. The molecule has 0 aliphatic rings. The van der Waals surface area contributed by atoms with Gasteiger partial charge in [0.15, 0.2) is 0 Å². The minimum absolute atomic E-state index is 0.169. The first-order chi connectivity index (χ1) is 6.26. The van der Waals surface area contributed by atoms with Crippen molar-refractivity contribution in [2.24, 2.45) is 5.92 Å². The Hall–Kier alpha value is -0.970. The predicted octanol–water partition coefficient (Wildman–Crippen LogP) is 1.95. The average Bonchev–Trinajstić information content (AvgIpc) is 2.14. The van der Waals surface area contributed by atoms with Gasteiger partial charge < -0.3 is 5.32 Å². The van der Waals surface area contributed by atoms with Crippen LogP contribution in [0.3, 0.4) is 0 Å². The highest BCUT2D eigenvalue weighted by atomic mass is 16.1. The Morgan fingerprint density at radius 1 is 1.38 bits per heavy atom. The Morgan fingerprint density at radius 2 is 2.00 bits per heavy atom. The summed E-state index contributed by atoms with van der Waals surface area (Å²) in [6.45, 7) is 6.57. The maximum absolute atomic E-state index is 11.4. The molecule has 0 rings (SSSR count). The average molecular weight is 181 g/mol. The van der Waals surface area contributed by atoms with E-state index < -0.39 is 0 Å². The van der Waals surface area contributed by atoms with Gasteiger partial charge in [0.1, 0.15) is 0 Å². The van der Waals surface area contributed by atoms with Crippen molar-refractivity contribution in [1.29, 1.82) is 0 Å². The van der Waals surface area contributed by atoms with Gasteiger partial charge in [0.25, 0.3) is 0 Å². The van der Waals surface area contributed by atoms with Crippen LogP contribution in [0.5, 0.6) is 0 Å². The summed E-state index contributed by atoms with van der Waals surface area (Å²) < 4.78 is 0. The van der Waals surface area contributed by atoms with E-state index in [9.17, 15) is 4.79 Å². The van der Waals surface area contributed by atoms with Crippen molar-refractivity contribution in [2.75, 3.05) is 6.54 Å². The monoisotopic (exact) mass is 181 g/mol. The summed E-state index contributed by atoms with van der Waals surface area (Å²) in [5.41, 5.74) is 0. The molecule has 0 aromatic rings. The maximum Gasteiger partial charge on any atom is 0.223 e. The third-order valence-corrected chi connectivity index (χ3v) is 2.08. The smallest absolute Gasteiger partial charge is 0.223 e. The van der Waals surface area contributed by atoms with E-state index >= 15 is 0 Å². The van der Waals surface area contributed by atoms with Gasteiger partial charge in [-0.1, -0.05) is 13.8 Å². The molecule has 0 atom stereocenters. The molecule has 1 N–H and O–H groups in total. The summed E-state index contributed by atoms with van der Waals surface area (Å²) in [6, 6.07) is 0. The van der Waals surface area contributed by atoms with Gasteiger partial charge in [-0.25, -0.2) is 0 Å². The van der Waals surface area contributed by atoms with Gasteiger partial charge in [0, 0.05) is 18.9 Å². The zero-order valence-electron chi connectivity index (χ0n) is 8.81. The zero-order chi connectivity index (χ0) is 10.1. The van der Waals surface area contributed by atoms with Crippen molar-refractivity contribution in [2.45, 2.75) is 40.0 Å². The first-order valence-corrected chi connectivity index (χ1v) is 4.93. The normalized spacial score (nSPS) is 9.23. The molecule has 0 saturated carbocycles. The van der Waals surface area contributed by atoms with E-state index in [0.717, 1.165) is 19.3 Å². The molecule has 0 saturated heterocycles. The van der Waals surface area contributed by atoms with E-state index in [1.54, 1.807) is 0 Å². The lowest BCUT2D eigenvalue weighted by Gasteiger charge is -2.11. The number of rotatable bonds is 5. The van der Waals surface area contributed by atoms with Gasteiger partial charge >= 0.3 is 0 Å². The van der Waals surface area contributed by atoms with E-state index in [1.165, 1.54) is 0 Å². The zero-order valence-corrected chi connectivity index (χ0v) is 8.81. The van der Waals surface area contributed by atoms with Crippen LogP contribution < -0.4 is 5.32 Å². The van der Waals surface area contributed by atoms with Crippen LogP contribution in [-0.2, 0) is 4.79 Å².